The average molecular weight is 290 g/mol. The molecular formula is C14H14N2OS2. The number of carbonyl (C=O) groups excluding carboxylic acids is 1. The Hall–Kier alpha value is -1.46. The molecule has 0 aromatic carbocycles. The first-order valence-electron chi connectivity index (χ1n) is 6.12. The van der Waals surface area contributed by atoms with Crippen molar-refractivity contribution in [3.8, 4) is 0 Å². The van der Waals surface area contributed by atoms with Gasteiger partial charge in [0.05, 0.1) is 16.6 Å². The van der Waals surface area contributed by atoms with Crippen LogP contribution in [0.15, 0.2) is 34.7 Å². The molecule has 0 aliphatic carbocycles. The molecule has 3 heterocycles. The van der Waals surface area contributed by atoms with Gasteiger partial charge in [-0.2, -0.15) is 5.10 Å². The molecule has 19 heavy (non-hydrogen) atoms. The maximum Gasteiger partial charge on any atom is 0.240 e. The molecule has 98 valence electrons. The third kappa shape index (κ3) is 2.35. The molecule has 0 radical (unpaired) electrons. The summed E-state index contributed by atoms with van der Waals surface area (Å²) < 4.78 is 0. The summed E-state index contributed by atoms with van der Waals surface area (Å²) in [6, 6.07) is 8.34. The zero-order valence-corrected chi connectivity index (χ0v) is 12.4. The fourth-order valence-electron chi connectivity index (χ4n) is 2.25. The molecule has 0 N–H and O–H groups in total. The lowest BCUT2D eigenvalue weighted by Gasteiger charge is -2.18. The number of thiophene rings is 2. The highest BCUT2D eigenvalue weighted by Crippen LogP contribution is 2.36. The highest BCUT2D eigenvalue weighted by Gasteiger charge is 2.32. The monoisotopic (exact) mass is 290 g/mol. The number of hydrogen-bond donors (Lipinski definition) is 0. The number of aryl methyl sites for hydroxylation is 1. The molecule has 0 saturated heterocycles. The lowest BCUT2D eigenvalue weighted by molar-refractivity contribution is -0.130. The summed E-state index contributed by atoms with van der Waals surface area (Å²) in [6.45, 7) is 3.66. The molecule has 0 spiro atoms. The summed E-state index contributed by atoms with van der Waals surface area (Å²) in [7, 11) is 0. The van der Waals surface area contributed by atoms with Crippen LogP contribution in [0.2, 0.25) is 0 Å². The Bertz CT molecular complexity index is 628. The van der Waals surface area contributed by atoms with Gasteiger partial charge in [-0.3, -0.25) is 4.79 Å². The van der Waals surface area contributed by atoms with Crippen LogP contribution in [-0.4, -0.2) is 16.6 Å². The van der Waals surface area contributed by atoms with Crippen molar-refractivity contribution in [2.45, 2.75) is 26.3 Å². The predicted molar refractivity (Wildman–Crippen MR) is 79.8 cm³/mol. The van der Waals surface area contributed by atoms with Crippen LogP contribution < -0.4 is 0 Å². The van der Waals surface area contributed by atoms with Gasteiger partial charge in [0.15, 0.2) is 0 Å². The normalized spacial score (nSPS) is 18.7. The Morgan fingerprint density at radius 2 is 2.26 bits per heavy atom. The number of nitrogens with zero attached hydrogens (tertiary/aromatic N) is 2. The second-order valence-electron chi connectivity index (χ2n) is 4.56. The van der Waals surface area contributed by atoms with Gasteiger partial charge < -0.3 is 0 Å². The SMILES string of the molecule is CC(=O)N1N=C(c2cccs2)CC1c1ccc(C)s1. The lowest BCUT2D eigenvalue weighted by atomic mass is 10.1. The molecule has 1 amide bonds. The van der Waals surface area contributed by atoms with Crippen LogP contribution in [0.4, 0.5) is 0 Å². The Kier molecular flexibility index (Phi) is 3.24. The van der Waals surface area contributed by atoms with E-state index in [2.05, 4.69) is 30.2 Å². The minimum absolute atomic E-state index is 0.00242. The number of hydrogen-bond acceptors (Lipinski definition) is 4. The van der Waals surface area contributed by atoms with Gasteiger partial charge in [-0.1, -0.05) is 6.07 Å². The first kappa shape index (κ1) is 12.6. The van der Waals surface area contributed by atoms with Gasteiger partial charge in [-0.05, 0) is 30.5 Å². The molecule has 2 aromatic rings. The van der Waals surface area contributed by atoms with E-state index in [9.17, 15) is 4.79 Å². The topological polar surface area (TPSA) is 32.7 Å². The molecule has 3 nitrogen and oxygen atoms in total. The van der Waals surface area contributed by atoms with Crippen LogP contribution in [0.3, 0.4) is 0 Å². The highest BCUT2D eigenvalue weighted by atomic mass is 32.1. The predicted octanol–water partition coefficient (Wildman–Crippen LogP) is 3.82. The van der Waals surface area contributed by atoms with Gasteiger partial charge in [-0.15, -0.1) is 22.7 Å². The number of rotatable bonds is 2. The summed E-state index contributed by atoms with van der Waals surface area (Å²) in [4.78, 5) is 15.4. The number of amides is 1. The number of carbonyl (C=O) groups is 1. The van der Waals surface area contributed by atoms with E-state index in [1.807, 2.05) is 11.4 Å². The molecule has 0 saturated carbocycles. The highest BCUT2D eigenvalue weighted by molar-refractivity contribution is 7.12. The van der Waals surface area contributed by atoms with E-state index in [1.54, 1.807) is 34.6 Å². The molecule has 0 fully saturated rings. The van der Waals surface area contributed by atoms with E-state index in [0.29, 0.717) is 0 Å². The van der Waals surface area contributed by atoms with Crippen LogP contribution in [0.1, 0.15) is 34.0 Å². The van der Waals surface area contributed by atoms with E-state index < -0.39 is 0 Å². The van der Waals surface area contributed by atoms with Crippen molar-refractivity contribution in [3.05, 3.63) is 44.3 Å². The minimum atomic E-state index is 0.00242. The summed E-state index contributed by atoms with van der Waals surface area (Å²) in [5.41, 5.74) is 1.02. The van der Waals surface area contributed by atoms with E-state index in [-0.39, 0.29) is 11.9 Å². The molecule has 0 bridgehead atoms. The van der Waals surface area contributed by atoms with Crippen molar-refractivity contribution in [2.75, 3.05) is 0 Å². The third-order valence-electron chi connectivity index (χ3n) is 3.13. The second kappa shape index (κ2) is 4.90. The van der Waals surface area contributed by atoms with Crippen molar-refractivity contribution in [1.29, 1.82) is 0 Å². The summed E-state index contributed by atoms with van der Waals surface area (Å²) in [5, 5.41) is 8.18. The van der Waals surface area contributed by atoms with Crippen molar-refractivity contribution in [1.82, 2.24) is 5.01 Å². The van der Waals surface area contributed by atoms with Gasteiger partial charge in [0.2, 0.25) is 5.91 Å². The molecule has 1 atom stereocenters. The quantitative estimate of drug-likeness (QED) is 0.827. The van der Waals surface area contributed by atoms with Gasteiger partial charge in [0.1, 0.15) is 0 Å². The summed E-state index contributed by atoms with van der Waals surface area (Å²) in [6.07, 6.45) is 0.806. The maximum absolute atomic E-state index is 11.8. The van der Waals surface area contributed by atoms with Crippen LogP contribution in [0.5, 0.6) is 0 Å². The Morgan fingerprint density at radius 3 is 2.84 bits per heavy atom. The Labute approximate surface area is 120 Å². The van der Waals surface area contributed by atoms with E-state index in [1.165, 1.54) is 9.75 Å². The molecule has 1 aliphatic heterocycles. The van der Waals surface area contributed by atoms with Gasteiger partial charge >= 0.3 is 0 Å². The second-order valence-corrected chi connectivity index (χ2v) is 6.82. The molecule has 5 heteroatoms. The van der Waals surface area contributed by atoms with E-state index in [4.69, 9.17) is 0 Å². The van der Waals surface area contributed by atoms with Crippen LogP contribution >= 0.6 is 22.7 Å². The van der Waals surface area contributed by atoms with Gasteiger partial charge in [0, 0.05) is 23.1 Å². The van der Waals surface area contributed by atoms with E-state index >= 15 is 0 Å². The van der Waals surface area contributed by atoms with Crippen molar-refractivity contribution in [3.63, 3.8) is 0 Å². The first-order valence-corrected chi connectivity index (χ1v) is 7.82. The van der Waals surface area contributed by atoms with Crippen LogP contribution in [0.25, 0.3) is 0 Å². The van der Waals surface area contributed by atoms with Crippen LogP contribution in [-0.2, 0) is 4.79 Å². The molecule has 2 aromatic heterocycles. The smallest absolute Gasteiger partial charge is 0.240 e. The lowest BCUT2D eigenvalue weighted by Crippen LogP contribution is -2.23. The largest absolute Gasteiger partial charge is 0.273 e. The van der Waals surface area contributed by atoms with Crippen molar-refractivity contribution < 1.29 is 4.79 Å². The molecule has 3 rings (SSSR count). The van der Waals surface area contributed by atoms with Crippen molar-refractivity contribution in [2.24, 2.45) is 5.10 Å². The molecular weight excluding hydrogens is 276 g/mol. The van der Waals surface area contributed by atoms with Gasteiger partial charge in [-0.25, -0.2) is 5.01 Å². The fraction of sp³-hybridized carbons (Fsp3) is 0.286. The molecule has 1 unspecified atom stereocenters. The zero-order valence-electron chi connectivity index (χ0n) is 10.8. The first-order chi connectivity index (χ1) is 9.15. The van der Waals surface area contributed by atoms with Crippen LogP contribution in [0, 0.1) is 6.92 Å². The molecule has 1 aliphatic rings. The van der Waals surface area contributed by atoms with Crippen molar-refractivity contribution >= 4 is 34.3 Å². The zero-order chi connectivity index (χ0) is 13.4. The number of hydrazone groups is 1. The Balaban J connectivity index is 1.93. The summed E-state index contributed by atoms with van der Waals surface area (Å²) >= 11 is 3.41. The minimum Gasteiger partial charge on any atom is -0.273 e. The average Bonchev–Trinajstić information content (AvgIpc) is 3.07. The Morgan fingerprint density at radius 1 is 1.42 bits per heavy atom. The summed E-state index contributed by atoms with van der Waals surface area (Å²) in [5.74, 6) is 0.00242. The van der Waals surface area contributed by atoms with E-state index in [0.717, 1.165) is 17.0 Å². The standard InChI is InChI=1S/C14H14N2OS2/c1-9-5-6-14(19-9)12-8-11(13-4-3-7-18-13)15-16(12)10(2)17/h3-7,12H,8H2,1-2H3. The van der Waals surface area contributed by atoms with Gasteiger partial charge in [0.25, 0.3) is 0 Å². The third-order valence-corrected chi connectivity index (χ3v) is 5.15. The maximum atomic E-state index is 11.8. The fourth-order valence-corrected chi connectivity index (χ4v) is 3.93.